The van der Waals surface area contributed by atoms with Crippen molar-refractivity contribution in [2.45, 2.75) is 13.8 Å². The molecule has 0 N–H and O–H groups in total. The lowest BCUT2D eigenvalue weighted by atomic mass is 10.2. The lowest BCUT2D eigenvalue weighted by Crippen LogP contribution is -2.10. The van der Waals surface area contributed by atoms with Gasteiger partial charge in [0.2, 0.25) is 0 Å². The Morgan fingerprint density at radius 3 is 2.61 bits per heavy atom. The monoisotopic (exact) mass is 278 g/mol. The van der Waals surface area contributed by atoms with Crippen molar-refractivity contribution in [3.63, 3.8) is 0 Å². The molecule has 0 saturated carbocycles. The van der Waals surface area contributed by atoms with Crippen LogP contribution in [0.5, 0.6) is 0 Å². The Morgan fingerprint density at radius 1 is 1.39 bits per heavy atom. The lowest BCUT2D eigenvalue weighted by Gasteiger charge is -2.14. The molecule has 0 fully saturated rings. The highest BCUT2D eigenvalue weighted by Gasteiger charge is 2.23. The van der Waals surface area contributed by atoms with E-state index in [1.54, 1.807) is 7.11 Å². The SMILES string of the molecule is COC1=NN(c2ccc(C)cc2)/C(=C/C(C)=S)S1. The van der Waals surface area contributed by atoms with Crippen LogP contribution in [-0.2, 0) is 4.74 Å². The van der Waals surface area contributed by atoms with Gasteiger partial charge in [-0.3, -0.25) is 0 Å². The summed E-state index contributed by atoms with van der Waals surface area (Å²) in [6, 6.07) is 8.18. The lowest BCUT2D eigenvalue weighted by molar-refractivity contribution is 0.415. The minimum atomic E-state index is 0.623. The van der Waals surface area contributed by atoms with Gasteiger partial charge in [-0.15, -0.1) is 5.10 Å². The first kappa shape index (κ1) is 13.1. The van der Waals surface area contributed by atoms with Gasteiger partial charge in [0, 0.05) is 4.86 Å². The number of thiocarbonyl (C=S) groups is 1. The number of aryl methyl sites for hydroxylation is 1. The summed E-state index contributed by atoms with van der Waals surface area (Å²) in [4.78, 5) is 0.821. The fourth-order valence-corrected chi connectivity index (χ4v) is 2.54. The number of hydrazone groups is 1. The molecule has 3 nitrogen and oxygen atoms in total. The number of methoxy groups -OCH3 is 1. The van der Waals surface area contributed by atoms with Crippen LogP contribution < -0.4 is 5.01 Å². The van der Waals surface area contributed by atoms with Gasteiger partial charge in [0.15, 0.2) is 0 Å². The van der Waals surface area contributed by atoms with Crippen molar-refractivity contribution in [3.8, 4) is 0 Å². The number of hydrogen-bond donors (Lipinski definition) is 0. The number of ether oxygens (including phenoxy) is 1. The van der Waals surface area contributed by atoms with Crippen LogP contribution in [0.1, 0.15) is 12.5 Å². The van der Waals surface area contributed by atoms with Crippen LogP contribution in [0.3, 0.4) is 0 Å². The van der Waals surface area contributed by atoms with Gasteiger partial charge in [0.1, 0.15) is 5.03 Å². The highest BCUT2D eigenvalue weighted by molar-refractivity contribution is 8.17. The van der Waals surface area contributed by atoms with Gasteiger partial charge in [-0.25, -0.2) is 5.01 Å². The maximum absolute atomic E-state index is 5.19. The third-order valence-corrected chi connectivity index (χ3v) is 3.40. The standard InChI is InChI=1S/C13H14N2OS2/c1-9-4-6-11(7-5-9)15-12(8-10(2)17)18-13(14-15)16-3/h4-8H,1-3H3/b12-8-. The van der Waals surface area contributed by atoms with E-state index >= 15 is 0 Å². The Bertz CT molecular complexity index is 520. The summed E-state index contributed by atoms with van der Waals surface area (Å²) >= 11 is 6.60. The van der Waals surface area contributed by atoms with E-state index in [2.05, 4.69) is 24.2 Å². The molecule has 2 rings (SSSR count). The number of benzene rings is 1. The van der Waals surface area contributed by atoms with Crippen LogP contribution in [-0.4, -0.2) is 17.2 Å². The third-order valence-electron chi connectivity index (χ3n) is 2.36. The van der Waals surface area contributed by atoms with E-state index in [4.69, 9.17) is 17.0 Å². The zero-order valence-corrected chi connectivity index (χ0v) is 12.1. The first-order chi connectivity index (χ1) is 8.60. The number of hydrogen-bond acceptors (Lipinski definition) is 5. The Hall–Kier alpha value is -1.33. The molecular weight excluding hydrogens is 264 g/mol. The third kappa shape index (κ3) is 2.91. The molecule has 0 aliphatic carbocycles. The molecule has 1 heterocycles. The molecule has 1 aliphatic heterocycles. The van der Waals surface area contributed by atoms with E-state index < -0.39 is 0 Å². The highest BCUT2D eigenvalue weighted by Crippen LogP contribution is 2.34. The molecule has 1 aliphatic rings. The molecule has 0 unspecified atom stereocenters. The van der Waals surface area contributed by atoms with Crippen molar-refractivity contribution in [2.75, 3.05) is 12.1 Å². The normalized spacial score (nSPS) is 16.9. The predicted molar refractivity (Wildman–Crippen MR) is 82.0 cm³/mol. The molecule has 5 heteroatoms. The number of allylic oxidation sites excluding steroid dienone is 1. The smallest absolute Gasteiger partial charge is 0.274 e. The van der Waals surface area contributed by atoms with Crippen molar-refractivity contribution >= 4 is 39.8 Å². The van der Waals surface area contributed by atoms with E-state index in [0.29, 0.717) is 5.23 Å². The largest absolute Gasteiger partial charge is 0.475 e. The van der Waals surface area contributed by atoms with Crippen molar-refractivity contribution in [1.29, 1.82) is 0 Å². The average molecular weight is 278 g/mol. The van der Waals surface area contributed by atoms with E-state index in [1.807, 2.05) is 30.1 Å². The second-order valence-electron chi connectivity index (χ2n) is 3.91. The Balaban J connectivity index is 2.35. The van der Waals surface area contributed by atoms with E-state index in [9.17, 15) is 0 Å². The van der Waals surface area contributed by atoms with Gasteiger partial charge in [0.05, 0.1) is 12.8 Å². The molecule has 0 amide bonds. The molecule has 1 aromatic carbocycles. The van der Waals surface area contributed by atoms with Crippen LogP contribution >= 0.6 is 24.0 Å². The number of anilines is 1. The Labute approximate surface area is 117 Å². The predicted octanol–water partition coefficient (Wildman–Crippen LogP) is 3.70. The molecule has 0 aromatic heterocycles. The van der Waals surface area contributed by atoms with Gasteiger partial charge in [-0.1, -0.05) is 29.9 Å². The summed E-state index contributed by atoms with van der Waals surface area (Å²) < 4.78 is 5.19. The molecule has 0 saturated heterocycles. The van der Waals surface area contributed by atoms with Crippen LogP contribution in [0, 0.1) is 6.92 Å². The minimum absolute atomic E-state index is 0.623. The van der Waals surface area contributed by atoms with Crippen LogP contribution in [0.2, 0.25) is 0 Å². The molecule has 1 aromatic rings. The van der Waals surface area contributed by atoms with Gasteiger partial charge < -0.3 is 4.74 Å². The van der Waals surface area contributed by atoms with Crippen molar-refractivity contribution in [1.82, 2.24) is 0 Å². The first-order valence-electron chi connectivity index (χ1n) is 5.49. The number of rotatable bonds is 2. The molecule has 94 valence electrons. The van der Waals surface area contributed by atoms with E-state index in [0.717, 1.165) is 15.6 Å². The maximum atomic E-state index is 5.19. The number of nitrogens with zero attached hydrogens (tertiary/aromatic N) is 2. The molecule has 0 atom stereocenters. The zero-order chi connectivity index (χ0) is 13.1. The van der Waals surface area contributed by atoms with Crippen LogP contribution in [0.4, 0.5) is 5.69 Å². The fraction of sp³-hybridized carbons (Fsp3) is 0.231. The molecular formula is C13H14N2OS2. The van der Waals surface area contributed by atoms with E-state index in [-0.39, 0.29) is 0 Å². The van der Waals surface area contributed by atoms with Crippen LogP contribution in [0.15, 0.2) is 40.5 Å². The van der Waals surface area contributed by atoms with Crippen LogP contribution in [0.25, 0.3) is 0 Å². The van der Waals surface area contributed by atoms with Crippen molar-refractivity contribution < 1.29 is 4.74 Å². The minimum Gasteiger partial charge on any atom is -0.475 e. The summed E-state index contributed by atoms with van der Waals surface area (Å²) in [5.41, 5.74) is 2.22. The second-order valence-corrected chi connectivity index (χ2v) is 5.53. The first-order valence-corrected chi connectivity index (χ1v) is 6.72. The summed E-state index contributed by atoms with van der Waals surface area (Å²) in [5.74, 6) is 0. The quantitative estimate of drug-likeness (QED) is 0.608. The molecule has 0 bridgehead atoms. The fourth-order valence-electron chi connectivity index (χ4n) is 1.50. The van der Waals surface area contributed by atoms with Gasteiger partial charge in [-0.2, -0.15) is 0 Å². The molecule has 18 heavy (non-hydrogen) atoms. The van der Waals surface area contributed by atoms with Gasteiger partial charge in [-0.05, 0) is 43.8 Å². The van der Waals surface area contributed by atoms with Crippen molar-refractivity contribution in [3.05, 3.63) is 40.9 Å². The highest BCUT2D eigenvalue weighted by atomic mass is 32.2. The average Bonchev–Trinajstić information content (AvgIpc) is 2.72. The molecule has 0 radical (unpaired) electrons. The summed E-state index contributed by atoms with van der Waals surface area (Å²) in [6.07, 6.45) is 1.93. The number of thioether (sulfide) groups is 1. The molecule has 0 spiro atoms. The maximum Gasteiger partial charge on any atom is 0.274 e. The van der Waals surface area contributed by atoms with Gasteiger partial charge >= 0.3 is 0 Å². The summed E-state index contributed by atoms with van der Waals surface area (Å²) in [6.45, 7) is 3.95. The second kappa shape index (κ2) is 5.54. The topological polar surface area (TPSA) is 24.8 Å². The Morgan fingerprint density at radius 2 is 2.06 bits per heavy atom. The Kier molecular flexibility index (Phi) is 4.04. The van der Waals surface area contributed by atoms with Gasteiger partial charge in [0.25, 0.3) is 5.23 Å². The summed E-state index contributed by atoms with van der Waals surface area (Å²) in [5, 5.41) is 7.83. The summed E-state index contributed by atoms with van der Waals surface area (Å²) in [7, 11) is 1.62. The van der Waals surface area contributed by atoms with Crippen molar-refractivity contribution in [2.24, 2.45) is 5.10 Å². The van der Waals surface area contributed by atoms with E-state index in [1.165, 1.54) is 17.3 Å². The zero-order valence-electron chi connectivity index (χ0n) is 10.5.